The Kier molecular flexibility index (Phi) is 4.64. The van der Waals surface area contributed by atoms with Crippen molar-refractivity contribution in [2.45, 2.75) is 39.4 Å². The van der Waals surface area contributed by atoms with Crippen LogP contribution in [0.15, 0.2) is 0 Å². The van der Waals surface area contributed by atoms with Gasteiger partial charge >= 0.3 is 0 Å². The maximum Gasteiger partial charge on any atom is 0.0231 e. The van der Waals surface area contributed by atoms with Crippen molar-refractivity contribution in [3.63, 3.8) is 0 Å². The van der Waals surface area contributed by atoms with Gasteiger partial charge in [0.1, 0.15) is 0 Å². The lowest BCUT2D eigenvalue weighted by atomic mass is 9.87. The summed E-state index contributed by atoms with van der Waals surface area (Å²) in [6.07, 6.45) is 0. The average Bonchev–Trinajstić information content (AvgIpc) is 1.86. The maximum absolute atomic E-state index is 2.40. The standard InChI is InChI=1S/C8H17IS/c1-6(2)7(3)8(4,5)10-9/h6-7H,1-5H3. The van der Waals surface area contributed by atoms with Crippen molar-refractivity contribution in [3.05, 3.63) is 0 Å². The number of hydrogen-bond donors (Lipinski definition) is 0. The summed E-state index contributed by atoms with van der Waals surface area (Å²) in [6.45, 7) is 11.5. The molecule has 0 nitrogen and oxygen atoms in total. The van der Waals surface area contributed by atoms with E-state index in [-0.39, 0.29) is 0 Å². The molecule has 0 N–H and O–H groups in total. The van der Waals surface area contributed by atoms with Gasteiger partial charge in [-0.3, -0.25) is 0 Å². The third-order valence-corrected chi connectivity index (χ3v) is 6.47. The highest BCUT2D eigenvalue weighted by atomic mass is 127. The van der Waals surface area contributed by atoms with Crippen molar-refractivity contribution in [2.75, 3.05) is 0 Å². The molecular formula is C8H17IS. The molecule has 1 atom stereocenters. The molecule has 0 aromatic heterocycles. The van der Waals surface area contributed by atoms with Crippen molar-refractivity contribution in [2.24, 2.45) is 11.8 Å². The van der Waals surface area contributed by atoms with Crippen LogP contribution in [0.3, 0.4) is 0 Å². The Morgan fingerprint density at radius 2 is 1.60 bits per heavy atom. The van der Waals surface area contributed by atoms with Gasteiger partial charge in [0.2, 0.25) is 0 Å². The van der Waals surface area contributed by atoms with E-state index < -0.39 is 0 Å². The second kappa shape index (κ2) is 4.19. The first-order valence-electron chi connectivity index (χ1n) is 3.71. The molecule has 0 aromatic carbocycles. The van der Waals surface area contributed by atoms with Crippen LogP contribution in [-0.4, -0.2) is 4.75 Å². The molecule has 0 fully saturated rings. The fourth-order valence-electron chi connectivity index (χ4n) is 0.873. The van der Waals surface area contributed by atoms with Gasteiger partial charge in [-0.1, -0.05) is 29.7 Å². The summed E-state index contributed by atoms with van der Waals surface area (Å²) in [5.74, 6) is 1.58. The van der Waals surface area contributed by atoms with Gasteiger partial charge in [-0.15, -0.1) is 0 Å². The molecule has 0 saturated carbocycles. The van der Waals surface area contributed by atoms with Crippen LogP contribution in [-0.2, 0) is 0 Å². The van der Waals surface area contributed by atoms with Gasteiger partial charge in [-0.05, 0) is 46.9 Å². The molecule has 10 heavy (non-hydrogen) atoms. The Morgan fingerprint density at radius 3 is 1.70 bits per heavy atom. The van der Waals surface area contributed by atoms with Crippen LogP contribution in [0.5, 0.6) is 0 Å². The molecule has 0 aromatic rings. The van der Waals surface area contributed by atoms with Crippen LogP contribution >= 0.6 is 30.1 Å². The normalized spacial score (nSPS) is 15.9. The van der Waals surface area contributed by atoms with Crippen molar-refractivity contribution >= 4 is 30.1 Å². The highest BCUT2D eigenvalue weighted by Gasteiger charge is 2.27. The minimum atomic E-state index is 0.425. The number of rotatable bonds is 3. The van der Waals surface area contributed by atoms with Crippen LogP contribution in [0, 0.1) is 11.8 Å². The molecule has 0 aliphatic heterocycles. The Morgan fingerprint density at radius 1 is 1.20 bits per heavy atom. The molecule has 0 amide bonds. The van der Waals surface area contributed by atoms with E-state index in [1.807, 2.05) is 8.93 Å². The topological polar surface area (TPSA) is 0 Å². The second-order valence-electron chi connectivity index (χ2n) is 3.71. The molecule has 0 saturated heterocycles. The lowest BCUT2D eigenvalue weighted by Gasteiger charge is -2.31. The van der Waals surface area contributed by atoms with Gasteiger partial charge in [0.25, 0.3) is 0 Å². The zero-order valence-corrected chi connectivity index (χ0v) is 10.4. The van der Waals surface area contributed by atoms with Gasteiger partial charge in [-0.2, -0.15) is 0 Å². The van der Waals surface area contributed by atoms with E-state index in [0.29, 0.717) is 4.75 Å². The maximum atomic E-state index is 2.40. The predicted octanol–water partition coefficient (Wildman–Crippen LogP) is 4.14. The highest BCUT2D eigenvalue weighted by Crippen LogP contribution is 2.40. The average molecular weight is 272 g/mol. The monoisotopic (exact) mass is 272 g/mol. The fraction of sp³-hybridized carbons (Fsp3) is 1.00. The lowest BCUT2D eigenvalue weighted by molar-refractivity contribution is 0.348. The highest BCUT2D eigenvalue weighted by molar-refractivity contribution is 14.2. The van der Waals surface area contributed by atoms with Gasteiger partial charge in [0.15, 0.2) is 0 Å². The summed E-state index contributed by atoms with van der Waals surface area (Å²) in [5, 5.41) is 0. The minimum Gasteiger partial charge on any atom is -0.0828 e. The first kappa shape index (κ1) is 11.1. The van der Waals surface area contributed by atoms with Crippen molar-refractivity contribution in [1.29, 1.82) is 0 Å². The third-order valence-electron chi connectivity index (χ3n) is 2.30. The van der Waals surface area contributed by atoms with Crippen LogP contribution in [0.4, 0.5) is 0 Å². The van der Waals surface area contributed by atoms with Gasteiger partial charge in [-0.25, -0.2) is 0 Å². The van der Waals surface area contributed by atoms with E-state index in [1.165, 1.54) is 0 Å². The van der Waals surface area contributed by atoms with E-state index in [2.05, 4.69) is 55.8 Å². The van der Waals surface area contributed by atoms with Crippen LogP contribution in [0.1, 0.15) is 34.6 Å². The van der Waals surface area contributed by atoms with Crippen molar-refractivity contribution in [3.8, 4) is 0 Å². The quantitative estimate of drug-likeness (QED) is 0.696. The van der Waals surface area contributed by atoms with E-state index in [9.17, 15) is 0 Å². The molecule has 2 heteroatoms. The molecule has 0 rings (SSSR count). The van der Waals surface area contributed by atoms with Crippen molar-refractivity contribution < 1.29 is 0 Å². The van der Waals surface area contributed by atoms with Gasteiger partial charge in [0.05, 0.1) is 0 Å². The van der Waals surface area contributed by atoms with Crippen LogP contribution in [0.25, 0.3) is 0 Å². The minimum absolute atomic E-state index is 0.425. The van der Waals surface area contributed by atoms with E-state index in [1.54, 1.807) is 0 Å². The Balaban J connectivity index is 4.03. The smallest absolute Gasteiger partial charge is 0.0231 e. The van der Waals surface area contributed by atoms with Crippen molar-refractivity contribution in [1.82, 2.24) is 0 Å². The summed E-state index contributed by atoms with van der Waals surface area (Å²) in [6, 6.07) is 0. The Hall–Kier alpha value is 1.08. The number of hydrogen-bond acceptors (Lipinski definition) is 1. The zero-order valence-electron chi connectivity index (χ0n) is 7.44. The molecule has 0 bridgehead atoms. The van der Waals surface area contributed by atoms with E-state index in [4.69, 9.17) is 0 Å². The largest absolute Gasteiger partial charge is 0.0828 e. The number of halogens is 1. The third kappa shape index (κ3) is 2.99. The SMILES string of the molecule is CC(C)C(C)C(C)(C)SI. The molecule has 0 radical (unpaired) electrons. The summed E-state index contributed by atoms with van der Waals surface area (Å²) in [7, 11) is 1.93. The first-order valence-corrected chi connectivity index (χ1v) is 7.07. The summed E-state index contributed by atoms with van der Waals surface area (Å²) < 4.78 is 0.425. The molecule has 0 aliphatic rings. The molecule has 0 aliphatic carbocycles. The lowest BCUT2D eigenvalue weighted by Crippen LogP contribution is -2.27. The fourth-order valence-corrected chi connectivity index (χ4v) is 2.49. The molecule has 1 unspecified atom stereocenters. The predicted molar refractivity (Wildman–Crippen MR) is 59.7 cm³/mol. The molecule has 0 heterocycles. The molecular weight excluding hydrogens is 255 g/mol. The van der Waals surface area contributed by atoms with Crippen LogP contribution < -0.4 is 0 Å². The van der Waals surface area contributed by atoms with Crippen LogP contribution in [0.2, 0.25) is 0 Å². The van der Waals surface area contributed by atoms with Gasteiger partial charge in [0, 0.05) is 4.75 Å². The summed E-state index contributed by atoms with van der Waals surface area (Å²) in [4.78, 5) is 0. The Labute approximate surface area is 81.1 Å². The molecule has 0 spiro atoms. The van der Waals surface area contributed by atoms with E-state index in [0.717, 1.165) is 11.8 Å². The second-order valence-corrected chi connectivity index (χ2v) is 6.24. The summed E-state index contributed by atoms with van der Waals surface area (Å²) in [5.41, 5.74) is 0. The summed E-state index contributed by atoms with van der Waals surface area (Å²) >= 11 is 2.40. The van der Waals surface area contributed by atoms with Gasteiger partial charge < -0.3 is 0 Å². The van der Waals surface area contributed by atoms with E-state index >= 15 is 0 Å². The zero-order chi connectivity index (χ0) is 8.36. The first-order chi connectivity index (χ1) is 4.41. The Bertz CT molecular complexity index is 99.4. The molecule has 62 valence electrons.